The van der Waals surface area contributed by atoms with Crippen LogP contribution in [0.1, 0.15) is 50.5 Å². The number of nitriles is 1. The molecule has 0 fully saturated rings. The lowest BCUT2D eigenvalue weighted by molar-refractivity contribution is 0.255. The standard InChI is InChI=1S/C28H26F5NO2/c29-23-24(30)26(32)28(27(33)25(23)31)36-17-7-5-3-1-2-4-6-16-35-22-14-12-21(13-15-22)20-10-8-19(18-34)9-11-20/h8-15H,1-7,16-17H2. The maximum atomic E-state index is 13.5. The van der Waals surface area contributed by atoms with Crippen LogP contribution in [0.5, 0.6) is 11.5 Å². The van der Waals surface area contributed by atoms with E-state index in [4.69, 9.17) is 14.7 Å². The minimum atomic E-state index is -2.19. The topological polar surface area (TPSA) is 42.2 Å². The minimum absolute atomic E-state index is 0.129. The van der Waals surface area contributed by atoms with Crippen LogP contribution in [-0.4, -0.2) is 13.2 Å². The molecule has 0 aliphatic rings. The largest absolute Gasteiger partial charge is 0.494 e. The van der Waals surface area contributed by atoms with Gasteiger partial charge in [0.1, 0.15) is 5.75 Å². The second-order valence-corrected chi connectivity index (χ2v) is 8.28. The molecule has 0 atom stereocenters. The van der Waals surface area contributed by atoms with Gasteiger partial charge in [0.15, 0.2) is 5.75 Å². The van der Waals surface area contributed by atoms with Crippen molar-refractivity contribution in [2.75, 3.05) is 13.2 Å². The Balaban J connectivity index is 1.24. The zero-order valence-corrected chi connectivity index (χ0v) is 19.6. The molecule has 36 heavy (non-hydrogen) atoms. The number of benzene rings is 3. The molecule has 8 heteroatoms. The highest BCUT2D eigenvalue weighted by Crippen LogP contribution is 2.29. The molecule has 0 aromatic heterocycles. The van der Waals surface area contributed by atoms with Gasteiger partial charge >= 0.3 is 0 Å². The molecular formula is C28H26F5NO2. The lowest BCUT2D eigenvalue weighted by Gasteiger charge is -2.10. The van der Waals surface area contributed by atoms with Crippen LogP contribution in [0.4, 0.5) is 22.0 Å². The Morgan fingerprint density at radius 1 is 0.528 bits per heavy atom. The van der Waals surface area contributed by atoms with Gasteiger partial charge in [-0.25, -0.2) is 13.2 Å². The lowest BCUT2D eigenvalue weighted by Crippen LogP contribution is -2.08. The Bertz CT molecular complexity index is 1150. The second-order valence-electron chi connectivity index (χ2n) is 8.28. The Labute approximate surface area is 207 Å². The van der Waals surface area contributed by atoms with Crippen LogP contribution in [0.2, 0.25) is 0 Å². The number of hydrogen-bond acceptors (Lipinski definition) is 3. The van der Waals surface area contributed by atoms with Gasteiger partial charge in [0, 0.05) is 0 Å². The van der Waals surface area contributed by atoms with Crippen LogP contribution in [0, 0.1) is 40.4 Å². The number of rotatable bonds is 13. The van der Waals surface area contributed by atoms with Gasteiger partial charge in [0.25, 0.3) is 0 Å². The Morgan fingerprint density at radius 3 is 1.44 bits per heavy atom. The van der Waals surface area contributed by atoms with Crippen molar-refractivity contribution in [2.45, 2.75) is 44.9 Å². The van der Waals surface area contributed by atoms with E-state index in [2.05, 4.69) is 6.07 Å². The molecule has 0 unspecified atom stereocenters. The Kier molecular flexibility index (Phi) is 10.1. The molecule has 0 spiro atoms. The van der Waals surface area contributed by atoms with Crippen LogP contribution in [0.15, 0.2) is 48.5 Å². The second kappa shape index (κ2) is 13.5. The van der Waals surface area contributed by atoms with Crippen LogP contribution in [0.3, 0.4) is 0 Å². The van der Waals surface area contributed by atoms with Crippen LogP contribution < -0.4 is 9.47 Å². The fourth-order valence-corrected chi connectivity index (χ4v) is 3.64. The molecule has 0 saturated heterocycles. The van der Waals surface area contributed by atoms with Gasteiger partial charge in [-0.3, -0.25) is 0 Å². The van der Waals surface area contributed by atoms with E-state index >= 15 is 0 Å². The molecule has 3 aromatic rings. The molecule has 0 bridgehead atoms. The van der Waals surface area contributed by atoms with Crippen molar-refractivity contribution in [3.8, 4) is 28.7 Å². The summed E-state index contributed by atoms with van der Waals surface area (Å²) in [7, 11) is 0. The molecule has 190 valence electrons. The van der Waals surface area contributed by atoms with Crippen molar-refractivity contribution in [3.05, 3.63) is 83.2 Å². The normalized spacial score (nSPS) is 10.8. The number of hydrogen-bond donors (Lipinski definition) is 0. The monoisotopic (exact) mass is 503 g/mol. The first-order valence-corrected chi connectivity index (χ1v) is 11.8. The lowest BCUT2D eigenvalue weighted by atomic mass is 10.0. The highest BCUT2D eigenvalue weighted by Gasteiger charge is 2.26. The highest BCUT2D eigenvalue weighted by molar-refractivity contribution is 5.64. The molecule has 0 aliphatic heterocycles. The van der Waals surface area contributed by atoms with E-state index in [1.54, 1.807) is 12.1 Å². The van der Waals surface area contributed by atoms with Gasteiger partial charge in [-0.1, -0.05) is 56.4 Å². The number of nitrogens with zero attached hydrogens (tertiary/aromatic N) is 1. The molecule has 3 aromatic carbocycles. The maximum Gasteiger partial charge on any atom is 0.206 e. The third-order valence-electron chi connectivity index (χ3n) is 5.67. The molecule has 0 saturated carbocycles. The third-order valence-corrected chi connectivity index (χ3v) is 5.67. The van der Waals surface area contributed by atoms with E-state index in [1.165, 1.54) is 0 Å². The van der Waals surface area contributed by atoms with Crippen molar-refractivity contribution in [2.24, 2.45) is 0 Å². The number of halogens is 5. The number of ether oxygens (including phenoxy) is 2. The maximum absolute atomic E-state index is 13.5. The molecule has 0 amide bonds. The molecule has 3 nitrogen and oxygen atoms in total. The van der Waals surface area contributed by atoms with Crippen LogP contribution >= 0.6 is 0 Å². The van der Waals surface area contributed by atoms with Gasteiger partial charge in [-0.2, -0.15) is 14.0 Å². The van der Waals surface area contributed by atoms with E-state index in [0.717, 1.165) is 55.4 Å². The quantitative estimate of drug-likeness (QED) is 0.102. The summed E-state index contributed by atoms with van der Waals surface area (Å²) in [5.41, 5.74) is 2.70. The Hall–Kier alpha value is -3.60. The van der Waals surface area contributed by atoms with E-state index < -0.39 is 34.8 Å². The first-order chi connectivity index (χ1) is 17.4. The van der Waals surface area contributed by atoms with Crippen molar-refractivity contribution >= 4 is 0 Å². The average Bonchev–Trinajstić information content (AvgIpc) is 2.91. The van der Waals surface area contributed by atoms with Crippen LogP contribution in [-0.2, 0) is 0 Å². The summed E-state index contributed by atoms with van der Waals surface area (Å²) in [6.45, 7) is 0.474. The van der Waals surface area contributed by atoms with Crippen molar-refractivity contribution in [3.63, 3.8) is 0 Å². The highest BCUT2D eigenvalue weighted by atomic mass is 19.2. The van der Waals surface area contributed by atoms with E-state index in [0.29, 0.717) is 18.6 Å². The summed E-state index contributed by atoms with van der Waals surface area (Å²) < 4.78 is 77.0. The van der Waals surface area contributed by atoms with Gasteiger partial charge < -0.3 is 9.47 Å². The Morgan fingerprint density at radius 2 is 0.944 bits per heavy atom. The van der Waals surface area contributed by atoms with E-state index in [-0.39, 0.29) is 6.61 Å². The summed E-state index contributed by atoms with van der Waals surface area (Å²) in [4.78, 5) is 0. The molecule has 3 rings (SSSR count). The fraction of sp³-hybridized carbons (Fsp3) is 0.321. The van der Waals surface area contributed by atoms with Gasteiger partial charge in [-0.15, -0.1) is 0 Å². The summed E-state index contributed by atoms with van der Waals surface area (Å²) in [6, 6.07) is 17.3. The number of unbranched alkanes of at least 4 members (excludes halogenated alkanes) is 6. The predicted octanol–water partition coefficient (Wildman–Crippen LogP) is 8.11. The minimum Gasteiger partial charge on any atom is -0.494 e. The van der Waals surface area contributed by atoms with Crippen molar-refractivity contribution < 1.29 is 31.4 Å². The molecular weight excluding hydrogens is 477 g/mol. The summed E-state index contributed by atoms with van der Waals surface area (Å²) in [5.74, 6) is -10.5. The van der Waals surface area contributed by atoms with Crippen molar-refractivity contribution in [1.29, 1.82) is 5.26 Å². The third kappa shape index (κ3) is 7.20. The van der Waals surface area contributed by atoms with E-state index in [9.17, 15) is 22.0 Å². The summed E-state index contributed by atoms with van der Waals surface area (Å²) in [5, 5.41) is 8.88. The zero-order valence-electron chi connectivity index (χ0n) is 19.6. The SMILES string of the molecule is N#Cc1ccc(-c2ccc(OCCCCCCCCCOc3c(F)c(F)c(F)c(F)c3F)cc2)cc1. The van der Waals surface area contributed by atoms with Gasteiger partial charge in [0.2, 0.25) is 29.1 Å². The first-order valence-electron chi connectivity index (χ1n) is 11.8. The van der Waals surface area contributed by atoms with Crippen molar-refractivity contribution in [1.82, 2.24) is 0 Å². The zero-order chi connectivity index (χ0) is 25.9. The fourth-order valence-electron chi connectivity index (χ4n) is 3.64. The molecule has 0 radical (unpaired) electrons. The predicted molar refractivity (Wildman–Crippen MR) is 126 cm³/mol. The van der Waals surface area contributed by atoms with Gasteiger partial charge in [0.05, 0.1) is 24.8 Å². The molecule has 0 heterocycles. The van der Waals surface area contributed by atoms with E-state index in [1.807, 2.05) is 36.4 Å². The molecule has 0 N–H and O–H groups in total. The average molecular weight is 504 g/mol. The first kappa shape index (κ1) is 27.0. The molecule has 0 aliphatic carbocycles. The summed E-state index contributed by atoms with van der Waals surface area (Å²) in [6.07, 6.45) is 5.89. The van der Waals surface area contributed by atoms with Crippen LogP contribution in [0.25, 0.3) is 11.1 Å². The summed E-state index contributed by atoms with van der Waals surface area (Å²) >= 11 is 0. The van der Waals surface area contributed by atoms with Gasteiger partial charge in [-0.05, 0) is 48.2 Å². The smallest absolute Gasteiger partial charge is 0.206 e.